The van der Waals surface area contributed by atoms with Crippen LogP contribution in [0.15, 0.2) is 18.2 Å². The lowest BCUT2D eigenvalue weighted by molar-refractivity contribution is 0.459. The Morgan fingerprint density at radius 3 is 2.65 bits per heavy atom. The van der Waals surface area contributed by atoms with E-state index in [0.717, 1.165) is 54.1 Å². The highest BCUT2D eigenvalue weighted by Crippen LogP contribution is 2.32. The summed E-state index contributed by atoms with van der Waals surface area (Å²) in [6.45, 7) is 1.53. The van der Waals surface area contributed by atoms with Crippen LogP contribution in [-0.4, -0.2) is 37.8 Å². The molecule has 2 fully saturated rings. The first-order valence-electron chi connectivity index (χ1n) is 7.83. The van der Waals surface area contributed by atoms with E-state index in [1.807, 2.05) is 0 Å². The van der Waals surface area contributed by atoms with Crippen LogP contribution in [0.4, 0.5) is 9.52 Å². The van der Waals surface area contributed by atoms with Crippen molar-refractivity contribution in [3.63, 3.8) is 0 Å². The first-order chi connectivity index (χ1) is 11.0. The highest BCUT2D eigenvalue weighted by Gasteiger charge is 2.37. The SMILES string of the molecule is O=S(=O)(NC1CCN(c2nc3ccc(F)cc3s2)CC1)C1CC1. The van der Waals surface area contributed by atoms with E-state index >= 15 is 0 Å². The molecule has 2 heterocycles. The smallest absolute Gasteiger partial charge is 0.214 e. The van der Waals surface area contributed by atoms with E-state index in [1.54, 1.807) is 6.07 Å². The van der Waals surface area contributed by atoms with Gasteiger partial charge >= 0.3 is 0 Å². The lowest BCUT2D eigenvalue weighted by Crippen LogP contribution is -2.45. The number of benzene rings is 1. The van der Waals surface area contributed by atoms with Crippen LogP contribution in [0.5, 0.6) is 0 Å². The third-order valence-electron chi connectivity index (χ3n) is 4.40. The second-order valence-electron chi connectivity index (χ2n) is 6.23. The average molecular weight is 355 g/mol. The van der Waals surface area contributed by atoms with E-state index in [-0.39, 0.29) is 17.1 Å². The Bertz CT molecular complexity index is 824. The molecular formula is C15H18FN3O2S2. The van der Waals surface area contributed by atoms with Gasteiger partial charge in [0, 0.05) is 19.1 Å². The molecule has 8 heteroatoms. The van der Waals surface area contributed by atoms with Crippen LogP contribution in [0.1, 0.15) is 25.7 Å². The van der Waals surface area contributed by atoms with Crippen LogP contribution >= 0.6 is 11.3 Å². The standard InChI is InChI=1S/C15H18FN3O2S2/c16-10-1-4-13-14(9-10)22-15(17-13)19-7-5-11(6-8-19)18-23(20,21)12-2-3-12/h1,4,9,11-12,18H,2-3,5-8H2. The van der Waals surface area contributed by atoms with Crippen molar-refractivity contribution in [2.45, 2.75) is 37.0 Å². The summed E-state index contributed by atoms with van der Waals surface area (Å²) in [5.41, 5.74) is 0.808. The van der Waals surface area contributed by atoms with E-state index in [4.69, 9.17) is 0 Å². The highest BCUT2D eigenvalue weighted by molar-refractivity contribution is 7.90. The molecule has 5 nitrogen and oxygen atoms in total. The van der Waals surface area contributed by atoms with Gasteiger partial charge in [0.15, 0.2) is 5.13 Å². The number of halogens is 1. The number of nitrogens with zero attached hydrogens (tertiary/aromatic N) is 2. The molecule has 23 heavy (non-hydrogen) atoms. The van der Waals surface area contributed by atoms with E-state index in [1.165, 1.54) is 23.5 Å². The first kappa shape index (κ1) is 15.3. The molecule has 4 rings (SSSR count). The molecule has 1 saturated heterocycles. The van der Waals surface area contributed by atoms with Crippen LogP contribution in [0, 0.1) is 5.82 Å². The molecule has 0 unspecified atom stereocenters. The van der Waals surface area contributed by atoms with Crippen molar-refractivity contribution < 1.29 is 12.8 Å². The third kappa shape index (κ3) is 3.20. The monoisotopic (exact) mass is 355 g/mol. The maximum absolute atomic E-state index is 13.3. The molecule has 0 radical (unpaired) electrons. The van der Waals surface area contributed by atoms with Gasteiger partial charge in [0.1, 0.15) is 5.82 Å². The van der Waals surface area contributed by atoms with Gasteiger partial charge in [0.25, 0.3) is 0 Å². The molecule has 124 valence electrons. The molecular weight excluding hydrogens is 337 g/mol. The summed E-state index contributed by atoms with van der Waals surface area (Å²) in [4.78, 5) is 6.71. The summed E-state index contributed by atoms with van der Waals surface area (Å²) in [5.74, 6) is -0.249. The Morgan fingerprint density at radius 1 is 1.22 bits per heavy atom. The predicted octanol–water partition coefficient (Wildman–Crippen LogP) is 2.49. The van der Waals surface area contributed by atoms with Gasteiger partial charge in [-0.1, -0.05) is 11.3 Å². The third-order valence-corrected chi connectivity index (χ3v) is 7.49. The van der Waals surface area contributed by atoms with Crippen molar-refractivity contribution in [2.75, 3.05) is 18.0 Å². The van der Waals surface area contributed by atoms with Crippen LogP contribution in [0.25, 0.3) is 10.2 Å². The minimum absolute atomic E-state index is 0.0173. The first-order valence-corrected chi connectivity index (χ1v) is 10.2. The van der Waals surface area contributed by atoms with Gasteiger partial charge in [-0.05, 0) is 43.9 Å². The largest absolute Gasteiger partial charge is 0.348 e. The molecule has 1 aliphatic carbocycles. The van der Waals surface area contributed by atoms with Gasteiger partial charge in [-0.3, -0.25) is 0 Å². The van der Waals surface area contributed by atoms with Crippen molar-refractivity contribution in [3.8, 4) is 0 Å². The fourth-order valence-corrected chi connectivity index (χ4v) is 5.61. The van der Waals surface area contributed by atoms with Crippen molar-refractivity contribution in [3.05, 3.63) is 24.0 Å². The van der Waals surface area contributed by atoms with Gasteiger partial charge < -0.3 is 4.90 Å². The fraction of sp³-hybridized carbons (Fsp3) is 0.533. The van der Waals surface area contributed by atoms with Crippen LogP contribution in [0.2, 0.25) is 0 Å². The summed E-state index contributed by atoms with van der Waals surface area (Å²) in [6, 6.07) is 4.64. The molecule has 2 aromatic rings. The van der Waals surface area contributed by atoms with Crippen molar-refractivity contribution in [1.82, 2.24) is 9.71 Å². The quantitative estimate of drug-likeness (QED) is 0.915. The number of anilines is 1. The Labute approximate surface area is 138 Å². The molecule has 0 bridgehead atoms. The zero-order chi connectivity index (χ0) is 16.0. The summed E-state index contributed by atoms with van der Waals surface area (Å²) in [5, 5.41) is 0.716. The van der Waals surface area contributed by atoms with Crippen LogP contribution < -0.4 is 9.62 Å². The number of hydrogen-bond donors (Lipinski definition) is 1. The average Bonchev–Trinajstić information content (AvgIpc) is 3.29. The number of hydrogen-bond acceptors (Lipinski definition) is 5. The minimum Gasteiger partial charge on any atom is -0.348 e. The normalized spacial score (nSPS) is 20.3. The van der Waals surface area contributed by atoms with Gasteiger partial charge in [-0.2, -0.15) is 0 Å². The summed E-state index contributed by atoms with van der Waals surface area (Å²) in [6.07, 6.45) is 3.12. The Kier molecular flexibility index (Phi) is 3.78. The maximum Gasteiger partial charge on any atom is 0.214 e. The second kappa shape index (κ2) is 5.68. The molecule has 0 amide bonds. The Hall–Kier alpha value is -1.25. The summed E-state index contributed by atoms with van der Waals surface area (Å²) < 4.78 is 40.9. The number of rotatable bonds is 4. The topological polar surface area (TPSA) is 62.3 Å². The lowest BCUT2D eigenvalue weighted by atomic mass is 10.1. The van der Waals surface area contributed by atoms with Crippen molar-refractivity contribution in [2.24, 2.45) is 0 Å². The van der Waals surface area contributed by atoms with Crippen molar-refractivity contribution in [1.29, 1.82) is 0 Å². The lowest BCUT2D eigenvalue weighted by Gasteiger charge is -2.31. The summed E-state index contributed by atoms with van der Waals surface area (Å²) >= 11 is 1.48. The zero-order valence-corrected chi connectivity index (χ0v) is 14.2. The minimum atomic E-state index is -3.12. The van der Waals surface area contributed by atoms with E-state index in [9.17, 15) is 12.8 Å². The number of fused-ring (bicyclic) bond motifs is 1. The predicted molar refractivity (Wildman–Crippen MR) is 89.9 cm³/mol. The van der Waals surface area contributed by atoms with Crippen LogP contribution in [0.3, 0.4) is 0 Å². The molecule has 2 aliphatic rings. The molecule has 0 spiro atoms. The zero-order valence-electron chi connectivity index (χ0n) is 12.5. The maximum atomic E-state index is 13.3. The van der Waals surface area contributed by atoms with Gasteiger partial charge in [-0.25, -0.2) is 22.5 Å². The molecule has 1 aromatic carbocycles. The fourth-order valence-electron chi connectivity index (χ4n) is 2.92. The molecule has 1 N–H and O–H groups in total. The number of thiazole rings is 1. The second-order valence-corrected chi connectivity index (χ2v) is 9.23. The molecule has 1 aliphatic heterocycles. The van der Waals surface area contributed by atoms with Gasteiger partial charge in [0.05, 0.1) is 15.5 Å². The molecule has 1 saturated carbocycles. The van der Waals surface area contributed by atoms with Gasteiger partial charge in [0.2, 0.25) is 10.0 Å². The number of aromatic nitrogens is 1. The van der Waals surface area contributed by atoms with E-state index < -0.39 is 10.0 Å². The van der Waals surface area contributed by atoms with Crippen LogP contribution in [-0.2, 0) is 10.0 Å². The Balaban J connectivity index is 1.42. The Morgan fingerprint density at radius 2 is 1.96 bits per heavy atom. The summed E-state index contributed by atoms with van der Waals surface area (Å²) in [7, 11) is -3.12. The highest BCUT2D eigenvalue weighted by atomic mass is 32.2. The van der Waals surface area contributed by atoms with Gasteiger partial charge in [-0.15, -0.1) is 0 Å². The number of piperidine rings is 1. The van der Waals surface area contributed by atoms with E-state index in [0.29, 0.717) is 0 Å². The number of sulfonamides is 1. The number of nitrogens with one attached hydrogen (secondary N) is 1. The molecule has 0 atom stereocenters. The van der Waals surface area contributed by atoms with Crippen molar-refractivity contribution >= 4 is 36.7 Å². The molecule has 1 aromatic heterocycles. The van der Waals surface area contributed by atoms with E-state index in [2.05, 4.69) is 14.6 Å².